The molecule has 3 rings (SSSR count). The fourth-order valence-electron chi connectivity index (χ4n) is 2.53. The molecular formula is C14H18N4. The second kappa shape index (κ2) is 4.90. The van der Waals surface area contributed by atoms with Gasteiger partial charge in [0.1, 0.15) is 11.6 Å². The summed E-state index contributed by atoms with van der Waals surface area (Å²) in [6, 6.07) is 10.3. The average molecular weight is 242 g/mol. The molecule has 2 aromatic rings. The van der Waals surface area contributed by atoms with E-state index in [1.54, 1.807) is 0 Å². The van der Waals surface area contributed by atoms with E-state index in [9.17, 15) is 0 Å². The summed E-state index contributed by atoms with van der Waals surface area (Å²) >= 11 is 0. The van der Waals surface area contributed by atoms with E-state index in [2.05, 4.69) is 27.5 Å². The van der Waals surface area contributed by atoms with Gasteiger partial charge in [-0.25, -0.2) is 9.67 Å². The van der Waals surface area contributed by atoms with Gasteiger partial charge < -0.3 is 5.32 Å². The molecule has 4 heteroatoms. The molecule has 0 saturated carbocycles. The molecule has 1 atom stereocenters. The topological polar surface area (TPSA) is 42.7 Å². The molecule has 0 aliphatic carbocycles. The number of hydrogen-bond acceptors (Lipinski definition) is 3. The number of aryl methyl sites for hydroxylation is 1. The molecule has 1 aliphatic rings. The van der Waals surface area contributed by atoms with E-state index in [0.717, 1.165) is 30.4 Å². The largest absolute Gasteiger partial charge is 0.316 e. The van der Waals surface area contributed by atoms with Crippen LogP contribution < -0.4 is 5.32 Å². The molecule has 4 nitrogen and oxygen atoms in total. The molecule has 1 N–H and O–H groups in total. The van der Waals surface area contributed by atoms with Crippen molar-refractivity contribution in [2.75, 3.05) is 13.1 Å². The van der Waals surface area contributed by atoms with Crippen LogP contribution in [0.3, 0.4) is 0 Å². The first-order valence-corrected chi connectivity index (χ1v) is 6.54. The Hall–Kier alpha value is -1.68. The van der Waals surface area contributed by atoms with Crippen molar-refractivity contribution in [3.05, 3.63) is 42.0 Å². The molecule has 0 bridgehead atoms. The highest BCUT2D eigenvalue weighted by Gasteiger charge is 2.22. The molecule has 1 aromatic carbocycles. The third-order valence-electron chi connectivity index (χ3n) is 3.40. The van der Waals surface area contributed by atoms with Crippen LogP contribution in [-0.4, -0.2) is 27.9 Å². The fourth-order valence-corrected chi connectivity index (χ4v) is 2.53. The van der Waals surface area contributed by atoms with E-state index in [0.29, 0.717) is 5.92 Å². The summed E-state index contributed by atoms with van der Waals surface area (Å²) in [6.07, 6.45) is 2.41. The SMILES string of the molecule is Cc1nc(C2CCCNC2)n(-c2ccccc2)n1. The zero-order valence-corrected chi connectivity index (χ0v) is 10.6. The van der Waals surface area contributed by atoms with Gasteiger partial charge in [0.05, 0.1) is 5.69 Å². The molecule has 0 radical (unpaired) electrons. The number of benzene rings is 1. The van der Waals surface area contributed by atoms with Crippen molar-refractivity contribution in [2.24, 2.45) is 0 Å². The number of para-hydroxylation sites is 1. The summed E-state index contributed by atoms with van der Waals surface area (Å²) in [6.45, 7) is 4.08. The van der Waals surface area contributed by atoms with Crippen LogP contribution in [0.15, 0.2) is 30.3 Å². The zero-order chi connectivity index (χ0) is 12.4. The van der Waals surface area contributed by atoms with E-state index >= 15 is 0 Å². The number of hydrogen-bond donors (Lipinski definition) is 1. The summed E-state index contributed by atoms with van der Waals surface area (Å²) in [5.41, 5.74) is 1.10. The van der Waals surface area contributed by atoms with Crippen molar-refractivity contribution in [1.82, 2.24) is 20.1 Å². The van der Waals surface area contributed by atoms with Crippen LogP contribution in [0.1, 0.15) is 30.4 Å². The maximum absolute atomic E-state index is 4.62. The van der Waals surface area contributed by atoms with Gasteiger partial charge in [0, 0.05) is 12.5 Å². The summed E-state index contributed by atoms with van der Waals surface area (Å²) in [7, 11) is 0. The van der Waals surface area contributed by atoms with Gasteiger partial charge >= 0.3 is 0 Å². The first-order valence-electron chi connectivity index (χ1n) is 6.54. The third-order valence-corrected chi connectivity index (χ3v) is 3.40. The Labute approximate surface area is 107 Å². The van der Waals surface area contributed by atoms with Crippen molar-refractivity contribution in [1.29, 1.82) is 0 Å². The van der Waals surface area contributed by atoms with E-state index < -0.39 is 0 Å². The van der Waals surface area contributed by atoms with Gasteiger partial charge in [0.25, 0.3) is 0 Å². The summed E-state index contributed by atoms with van der Waals surface area (Å²) < 4.78 is 1.99. The normalized spacial score (nSPS) is 19.9. The lowest BCUT2D eigenvalue weighted by Crippen LogP contribution is -2.30. The molecule has 0 amide bonds. The van der Waals surface area contributed by atoms with Crippen molar-refractivity contribution in [3.8, 4) is 5.69 Å². The number of nitrogens with one attached hydrogen (secondary N) is 1. The maximum atomic E-state index is 4.62. The highest BCUT2D eigenvalue weighted by molar-refractivity contribution is 5.32. The minimum Gasteiger partial charge on any atom is -0.316 e. The first kappa shape index (κ1) is 11.4. The standard InChI is InChI=1S/C14H18N4/c1-11-16-14(12-6-5-9-15-10-12)18(17-11)13-7-3-2-4-8-13/h2-4,7-8,12,15H,5-6,9-10H2,1H3. The van der Waals surface area contributed by atoms with Crippen LogP contribution >= 0.6 is 0 Å². The first-order chi connectivity index (χ1) is 8.84. The molecule has 94 valence electrons. The summed E-state index contributed by atoms with van der Waals surface area (Å²) in [4.78, 5) is 4.62. The van der Waals surface area contributed by atoms with Crippen molar-refractivity contribution in [3.63, 3.8) is 0 Å². The van der Waals surface area contributed by atoms with Crippen LogP contribution in [0.25, 0.3) is 5.69 Å². The van der Waals surface area contributed by atoms with Crippen LogP contribution in [0.5, 0.6) is 0 Å². The second-order valence-corrected chi connectivity index (χ2v) is 4.81. The predicted molar refractivity (Wildman–Crippen MR) is 70.9 cm³/mol. The molecule has 1 aromatic heterocycles. The van der Waals surface area contributed by atoms with Crippen LogP contribution in [0, 0.1) is 6.92 Å². The minimum atomic E-state index is 0.472. The lowest BCUT2D eigenvalue weighted by atomic mass is 9.99. The Balaban J connectivity index is 1.99. The van der Waals surface area contributed by atoms with Crippen molar-refractivity contribution < 1.29 is 0 Å². The number of rotatable bonds is 2. The zero-order valence-electron chi connectivity index (χ0n) is 10.6. The molecule has 1 saturated heterocycles. The third kappa shape index (κ3) is 2.16. The van der Waals surface area contributed by atoms with Crippen LogP contribution in [0.2, 0.25) is 0 Å². The van der Waals surface area contributed by atoms with Gasteiger partial charge in [-0.05, 0) is 38.4 Å². The van der Waals surface area contributed by atoms with Gasteiger partial charge in [0.2, 0.25) is 0 Å². The van der Waals surface area contributed by atoms with Crippen LogP contribution in [0.4, 0.5) is 0 Å². The van der Waals surface area contributed by atoms with Gasteiger partial charge in [0.15, 0.2) is 0 Å². The Bertz CT molecular complexity index is 512. The fraction of sp³-hybridized carbons (Fsp3) is 0.429. The lowest BCUT2D eigenvalue weighted by Gasteiger charge is -2.22. The van der Waals surface area contributed by atoms with Gasteiger partial charge in [-0.1, -0.05) is 18.2 Å². The van der Waals surface area contributed by atoms with E-state index in [4.69, 9.17) is 0 Å². The lowest BCUT2D eigenvalue weighted by molar-refractivity contribution is 0.440. The average Bonchev–Trinajstić information content (AvgIpc) is 2.83. The van der Waals surface area contributed by atoms with Crippen LogP contribution in [-0.2, 0) is 0 Å². The molecule has 18 heavy (non-hydrogen) atoms. The number of piperidine rings is 1. The Morgan fingerprint density at radius 1 is 1.28 bits per heavy atom. The monoisotopic (exact) mass is 242 g/mol. The quantitative estimate of drug-likeness (QED) is 0.876. The highest BCUT2D eigenvalue weighted by Crippen LogP contribution is 2.23. The molecule has 1 fully saturated rings. The van der Waals surface area contributed by atoms with Gasteiger partial charge in [-0.2, -0.15) is 5.10 Å². The van der Waals surface area contributed by atoms with Crippen molar-refractivity contribution in [2.45, 2.75) is 25.7 Å². The van der Waals surface area contributed by atoms with E-state index in [1.807, 2.05) is 29.8 Å². The molecule has 1 aliphatic heterocycles. The van der Waals surface area contributed by atoms with E-state index in [-0.39, 0.29) is 0 Å². The summed E-state index contributed by atoms with van der Waals surface area (Å²) in [5, 5.41) is 7.97. The molecule has 2 heterocycles. The number of nitrogens with zero attached hydrogens (tertiary/aromatic N) is 3. The van der Waals surface area contributed by atoms with E-state index in [1.165, 1.54) is 12.8 Å². The van der Waals surface area contributed by atoms with Crippen molar-refractivity contribution >= 4 is 0 Å². The van der Waals surface area contributed by atoms with Gasteiger partial charge in [-0.3, -0.25) is 0 Å². The molecular weight excluding hydrogens is 224 g/mol. The minimum absolute atomic E-state index is 0.472. The van der Waals surface area contributed by atoms with Gasteiger partial charge in [-0.15, -0.1) is 0 Å². The summed E-state index contributed by atoms with van der Waals surface area (Å²) in [5.74, 6) is 2.41. The smallest absolute Gasteiger partial charge is 0.148 e. The molecule has 0 spiro atoms. The highest BCUT2D eigenvalue weighted by atomic mass is 15.4. The Morgan fingerprint density at radius 3 is 2.83 bits per heavy atom. The Morgan fingerprint density at radius 2 is 2.11 bits per heavy atom. The Kier molecular flexibility index (Phi) is 3.11. The molecule has 1 unspecified atom stereocenters. The number of aromatic nitrogens is 3. The maximum Gasteiger partial charge on any atom is 0.148 e. The second-order valence-electron chi connectivity index (χ2n) is 4.81. The predicted octanol–water partition coefficient (Wildman–Crippen LogP) is 2.04.